The number of hydrogen-bond donors (Lipinski definition) is 2. The first kappa shape index (κ1) is 13.5. The number of carbonyl (C=O) groups is 1. The summed E-state index contributed by atoms with van der Waals surface area (Å²) in [6, 6.07) is 0. The standard InChI is InChI=1S/C12H23NO3/c1-12(2)5-3-4-10(12)11(16)13(6-8-14)7-9-15/h10,14-15H,3-9H2,1-2H3. The van der Waals surface area contributed by atoms with Gasteiger partial charge in [0.05, 0.1) is 13.2 Å². The quantitative estimate of drug-likeness (QED) is 0.726. The predicted octanol–water partition coefficient (Wildman–Crippen LogP) is 0.626. The van der Waals surface area contributed by atoms with Crippen LogP contribution in [0.2, 0.25) is 0 Å². The highest BCUT2D eigenvalue weighted by Gasteiger charge is 2.40. The first-order chi connectivity index (χ1) is 7.53. The van der Waals surface area contributed by atoms with Crippen LogP contribution >= 0.6 is 0 Å². The van der Waals surface area contributed by atoms with Gasteiger partial charge in [-0.2, -0.15) is 0 Å². The zero-order chi connectivity index (χ0) is 12.2. The number of aliphatic hydroxyl groups is 2. The highest BCUT2D eigenvalue weighted by atomic mass is 16.3. The second-order valence-electron chi connectivity index (χ2n) is 5.21. The number of nitrogens with zero attached hydrogens (tertiary/aromatic N) is 1. The van der Waals surface area contributed by atoms with E-state index in [1.165, 1.54) is 0 Å². The molecule has 1 rings (SSSR count). The molecule has 0 bridgehead atoms. The molecule has 1 aliphatic carbocycles. The van der Waals surface area contributed by atoms with Gasteiger partial charge in [0, 0.05) is 19.0 Å². The molecule has 0 heterocycles. The number of carbonyl (C=O) groups excluding carboxylic acids is 1. The average molecular weight is 229 g/mol. The minimum atomic E-state index is -0.0428. The van der Waals surface area contributed by atoms with E-state index in [0.717, 1.165) is 19.3 Å². The van der Waals surface area contributed by atoms with Gasteiger partial charge < -0.3 is 15.1 Å². The molecule has 2 N–H and O–H groups in total. The average Bonchev–Trinajstić information content (AvgIpc) is 2.57. The molecule has 1 unspecified atom stereocenters. The molecule has 0 radical (unpaired) electrons. The molecule has 4 nitrogen and oxygen atoms in total. The molecule has 1 amide bonds. The summed E-state index contributed by atoms with van der Waals surface area (Å²) in [7, 11) is 0. The van der Waals surface area contributed by atoms with Gasteiger partial charge in [0.15, 0.2) is 0 Å². The van der Waals surface area contributed by atoms with E-state index in [-0.39, 0.29) is 30.5 Å². The lowest BCUT2D eigenvalue weighted by atomic mass is 9.81. The molecule has 1 saturated carbocycles. The highest BCUT2D eigenvalue weighted by Crippen LogP contribution is 2.43. The zero-order valence-electron chi connectivity index (χ0n) is 10.3. The van der Waals surface area contributed by atoms with Crippen molar-refractivity contribution < 1.29 is 15.0 Å². The van der Waals surface area contributed by atoms with Crippen molar-refractivity contribution in [1.29, 1.82) is 0 Å². The van der Waals surface area contributed by atoms with Gasteiger partial charge in [0.1, 0.15) is 0 Å². The molecule has 16 heavy (non-hydrogen) atoms. The maximum atomic E-state index is 12.2. The Hall–Kier alpha value is -0.610. The Bertz CT molecular complexity index is 234. The second kappa shape index (κ2) is 5.64. The van der Waals surface area contributed by atoms with E-state index < -0.39 is 0 Å². The van der Waals surface area contributed by atoms with Crippen LogP contribution in [0.5, 0.6) is 0 Å². The summed E-state index contributed by atoms with van der Waals surface area (Å²) in [6.45, 7) is 4.81. The fourth-order valence-corrected chi connectivity index (χ4v) is 2.58. The molecule has 0 aromatic rings. The van der Waals surface area contributed by atoms with Crippen LogP contribution < -0.4 is 0 Å². The minimum absolute atomic E-state index is 0.0428. The lowest BCUT2D eigenvalue weighted by molar-refractivity contribution is -0.139. The normalized spacial score (nSPS) is 23.4. The van der Waals surface area contributed by atoms with Crippen LogP contribution in [0.15, 0.2) is 0 Å². The molecule has 1 atom stereocenters. The van der Waals surface area contributed by atoms with E-state index in [1.54, 1.807) is 4.90 Å². The summed E-state index contributed by atoms with van der Waals surface area (Å²) in [5.74, 6) is 0.135. The summed E-state index contributed by atoms with van der Waals surface area (Å²) in [6.07, 6.45) is 3.10. The van der Waals surface area contributed by atoms with E-state index in [2.05, 4.69) is 13.8 Å². The molecule has 0 aliphatic heterocycles. The van der Waals surface area contributed by atoms with Gasteiger partial charge in [0.25, 0.3) is 0 Å². The van der Waals surface area contributed by atoms with Crippen LogP contribution in [-0.4, -0.2) is 47.3 Å². The summed E-state index contributed by atoms with van der Waals surface area (Å²) in [5, 5.41) is 17.8. The van der Waals surface area contributed by atoms with Crippen molar-refractivity contribution in [2.75, 3.05) is 26.3 Å². The lowest BCUT2D eigenvalue weighted by Crippen LogP contribution is -2.42. The largest absolute Gasteiger partial charge is 0.395 e. The van der Waals surface area contributed by atoms with Crippen molar-refractivity contribution in [3.05, 3.63) is 0 Å². The van der Waals surface area contributed by atoms with Gasteiger partial charge >= 0.3 is 0 Å². The van der Waals surface area contributed by atoms with Gasteiger partial charge in [-0.25, -0.2) is 0 Å². The Kier molecular flexibility index (Phi) is 4.74. The van der Waals surface area contributed by atoms with Crippen LogP contribution in [-0.2, 0) is 4.79 Å². The summed E-state index contributed by atoms with van der Waals surface area (Å²) in [5.41, 5.74) is 0.0558. The van der Waals surface area contributed by atoms with Crippen LogP contribution in [0.3, 0.4) is 0 Å². The summed E-state index contributed by atoms with van der Waals surface area (Å²) < 4.78 is 0. The fourth-order valence-electron chi connectivity index (χ4n) is 2.58. The predicted molar refractivity (Wildman–Crippen MR) is 61.9 cm³/mol. The maximum Gasteiger partial charge on any atom is 0.226 e. The van der Waals surface area contributed by atoms with Gasteiger partial charge in [-0.1, -0.05) is 20.3 Å². The van der Waals surface area contributed by atoms with E-state index in [0.29, 0.717) is 13.1 Å². The number of rotatable bonds is 5. The number of hydrogen-bond acceptors (Lipinski definition) is 3. The van der Waals surface area contributed by atoms with Gasteiger partial charge in [-0.05, 0) is 18.3 Å². The Morgan fingerprint density at radius 1 is 1.31 bits per heavy atom. The van der Waals surface area contributed by atoms with E-state index >= 15 is 0 Å². The van der Waals surface area contributed by atoms with E-state index in [4.69, 9.17) is 10.2 Å². The topological polar surface area (TPSA) is 60.8 Å². The highest BCUT2D eigenvalue weighted by molar-refractivity contribution is 5.80. The summed E-state index contributed by atoms with van der Waals surface area (Å²) in [4.78, 5) is 13.8. The number of amides is 1. The van der Waals surface area contributed by atoms with Crippen molar-refractivity contribution in [2.45, 2.75) is 33.1 Å². The van der Waals surface area contributed by atoms with E-state index in [1.807, 2.05) is 0 Å². The molecule has 1 fully saturated rings. The minimum Gasteiger partial charge on any atom is -0.395 e. The fraction of sp³-hybridized carbons (Fsp3) is 0.917. The van der Waals surface area contributed by atoms with Gasteiger partial charge in [0.2, 0.25) is 5.91 Å². The lowest BCUT2D eigenvalue weighted by Gasteiger charge is -2.31. The molecule has 0 aromatic heterocycles. The smallest absolute Gasteiger partial charge is 0.226 e. The van der Waals surface area contributed by atoms with Crippen LogP contribution in [0.25, 0.3) is 0 Å². The Morgan fingerprint density at radius 2 is 1.88 bits per heavy atom. The molecule has 94 valence electrons. The van der Waals surface area contributed by atoms with Crippen LogP contribution in [0, 0.1) is 11.3 Å². The molecular formula is C12H23NO3. The third-order valence-electron chi connectivity index (χ3n) is 3.61. The van der Waals surface area contributed by atoms with Crippen LogP contribution in [0.4, 0.5) is 0 Å². The third-order valence-corrected chi connectivity index (χ3v) is 3.61. The Morgan fingerprint density at radius 3 is 2.25 bits per heavy atom. The SMILES string of the molecule is CC1(C)CCCC1C(=O)N(CCO)CCO. The molecule has 4 heteroatoms. The van der Waals surface area contributed by atoms with E-state index in [9.17, 15) is 4.79 Å². The first-order valence-electron chi connectivity index (χ1n) is 6.03. The molecule has 0 aromatic carbocycles. The summed E-state index contributed by atoms with van der Waals surface area (Å²) >= 11 is 0. The number of aliphatic hydroxyl groups excluding tert-OH is 2. The van der Waals surface area contributed by atoms with Crippen molar-refractivity contribution in [2.24, 2.45) is 11.3 Å². The van der Waals surface area contributed by atoms with Crippen LogP contribution in [0.1, 0.15) is 33.1 Å². The maximum absolute atomic E-state index is 12.2. The molecule has 0 saturated heterocycles. The Labute approximate surface area is 97.3 Å². The van der Waals surface area contributed by atoms with Gasteiger partial charge in [-0.3, -0.25) is 4.79 Å². The van der Waals surface area contributed by atoms with Gasteiger partial charge in [-0.15, -0.1) is 0 Å². The van der Waals surface area contributed by atoms with Crippen molar-refractivity contribution in [1.82, 2.24) is 4.90 Å². The zero-order valence-corrected chi connectivity index (χ0v) is 10.3. The molecule has 0 spiro atoms. The van der Waals surface area contributed by atoms with Crippen molar-refractivity contribution >= 4 is 5.91 Å². The molecular weight excluding hydrogens is 206 g/mol. The monoisotopic (exact) mass is 229 g/mol. The molecule has 1 aliphatic rings. The second-order valence-corrected chi connectivity index (χ2v) is 5.21. The van der Waals surface area contributed by atoms with Crippen molar-refractivity contribution in [3.8, 4) is 0 Å². The Balaban J connectivity index is 2.66. The van der Waals surface area contributed by atoms with Crippen molar-refractivity contribution in [3.63, 3.8) is 0 Å². The first-order valence-corrected chi connectivity index (χ1v) is 6.03. The third kappa shape index (κ3) is 2.95.